The molecule has 9 heteroatoms. The fourth-order valence-electron chi connectivity index (χ4n) is 6.33. The van der Waals surface area contributed by atoms with E-state index in [0.29, 0.717) is 23.8 Å². The Kier molecular flexibility index (Phi) is 5.50. The van der Waals surface area contributed by atoms with Gasteiger partial charge in [-0.3, -0.25) is 4.98 Å². The molecule has 3 aromatic rings. The number of anilines is 2. The van der Waals surface area contributed by atoms with Crippen LogP contribution in [0.25, 0.3) is 20.8 Å². The van der Waals surface area contributed by atoms with Crippen molar-refractivity contribution in [2.45, 2.75) is 96.8 Å². The molecule has 0 spiro atoms. The first kappa shape index (κ1) is 23.7. The molecule has 5 atom stereocenters. The number of nitrogens with zero attached hydrogens (tertiary/aromatic N) is 4. The number of aryl methyl sites for hydroxylation is 2. The summed E-state index contributed by atoms with van der Waals surface area (Å²) in [6.45, 7) is 10.4. The molecule has 1 aliphatic heterocycles. The third-order valence-corrected chi connectivity index (χ3v) is 9.58. The van der Waals surface area contributed by atoms with E-state index in [1.54, 1.807) is 11.3 Å². The summed E-state index contributed by atoms with van der Waals surface area (Å²) in [5.74, 6) is 2.94. The van der Waals surface area contributed by atoms with Gasteiger partial charge in [0.2, 0.25) is 5.95 Å². The second-order valence-corrected chi connectivity index (χ2v) is 13.0. The van der Waals surface area contributed by atoms with Crippen LogP contribution in [0.3, 0.4) is 0 Å². The Bertz CT molecular complexity index is 1350. The van der Waals surface area contributed by atoms with Gasteiger partial charge < -0.3 is 20.1 Å². The largest absolute Gasteiger partial charge is 0.364 e. The van der Waals surface area contributed by atoms with Crippen molar-refractivity contribution in [1.82, 2.24) is 19.9 Å². The quantitative estimate of drug-likeness (QED) is 0.409. The van der Waals surface area contributed by atoms with Gasteiger partial charge in [-0.05, 0) is 90.5 Å². The predicted molar refractivity (Wildman–Crippen MR) is 146 cm³/mol. The number of thiazole rings is 1. The minimum Gasteiger partial charge on any atom is -0.364 e. The lowest BCUT2D eigenvalue weighted by atomic mass is 9.99. The zero-order valence-corrected chi connectivity index (χ0v) is 23.1. The van der Waals surface area contributed by atoms with Gasteiger partial charge in [-0.1, -0.05) is 0 Å². The fourth-order valence-corrected chi connectivity index (χ4v) is 7.44. The SMILES string of the molecule is Cc1nc(N[C@H](C)C2CC2)nc(N[C@@H]2C[C@H](C3CC3)[C@H]3OC(C)(C)O[C@H]32)c1-c1nc2c(C)nccc2s1. The lowest BCUT2D eigenvalue weighted by Gasteiger charge is -2.25. The highest BCUT2D eigenvalue weighted by Crippen LogP contribution is 2.52. The molecule has 3 saturated carbocycles. The highest BCUT2D eigenvalue weighted by molar-refractivity contribution is 7.21. The van der Waals surface area contributed by atoms with Gasteiger partial charge in [0.25, 0.3) is 0 Å². The zero-order valence-electron chi connectivity index (χ0n) is 22.2. The molecule has 3 aromatic heterocycles. The van der Waals surface area contributed by atoms with Crippen molar-refractivity contribution in [2.75, 3.05) is 10.6 Å². The molecular weight excluding hydrogens is 484 g/mol. The van der Waals surface area contributed by atoms with Crippen molar-refractivity contribution in [2.24, 2.45) is 17.8 Å². The summed E-state index contributed by atoms with van der Waals surface area (Å²) in [5, 5.41) is 8.34. The fraction of sp³-hybridized carbons (Fsp3) is 0.643. The Morgan fingerprint density at radius 2 is 1.81 bits per heavy atom. The van der Waals surface area contributed by atoms with Gasteiger partial charge >= 0.3 is 0 Å². The summed E-state index contributed by atoms with van der Waals surface area (Å²) in [6.07, 6.45) is 8.17. The standard InChI is InChI=1S/C28H36N6O2S/c1-13(16-6-7-16)30-27-31-14(2)21(26-33-22-15(3)29-11-10-20(22)37-26)25(34-27)32-19-12-18(17-8-9-17)23-24(19)36-28(4,5)35-23/h10-11,13,16-19,23-24H,6-9,12H2,1-5H3,(H2,30,31,32,34)/t13-,18-,19-,23-,24+/m1/s1. The van der Waals surface area contributed by atoms with E-state index < -0.39 is 5.79 Å². The molecule has 0 radical (unpaired) electrons. The number of nitrogens with one attached hydrogen (secondary N) is 2. The van der Waals surface area contributed by atoms with Crippen LogP contribution < -0.4 is 10.6 Å². The van der Waals surface area contributed by atoms with Crippen molar-refractivity contribution in [3.05, 3.63) is 23.7 Å². The lowest BCUT2D eigenvalue weighted by Crippen LogP contribution is -2.35. The van der Waals surface area contributed by atoms with Gasteiger partial charge in [0.1, 0.15) is 22.4 Å². The van der Waals surface area contributed by atoms with Crippen molar-refractivity contribution >= 4 is 33.3 Å². The van der Waals surface area contributed by atoms with Crippen molar-refractivity contribution in [3.8, 4) is 10.6 Å². The molecule has 0 bridgehead atoms. The van der Waals surface area contributed by atoms with E-state index in [0.717, 1.165) is 50.3 Å². The number of hydrogen-bond donors (Lipinski definition) is 2. The predicted octanol–water partition coefficient (Wildman–Crippen LogP) is 5.71. The van der Waals surface area contributed by atoms with E-state index in [1.807, 2.05) is 33.0 Å². The molecule has 1 saturated heterocycles. The molecular formula is C28H36N6O2S. The molecule has 196 valence electrons. The minimum atomic E-state index is -0.558. The summed E-state index contributed by atoms with van der Waals surface area (Å²) < 4.78 is 14.0. The number of ether oxygens (including phenoxy) is 2. The number of pyridine rings is 1. The third-order valence-electron chi connectivity index (χ3n) is 8.54. The van der Waals surface area contributed by atoms with E-state index in [4.69, 9.17) is 24.4 Å². The molecule has 8 nitrogen and oxygen atoms in total. The summed E-state index contributed by atoms with van der Waals surface area (Å²) in [7, 11) is 0. The summed E-state index contributed by atoms with van der Waals surface area (Å²) in [5.41, 5.74) is 3.77. The van der Waals surface area contributed by atoms with E-state index >= 15 is 0 Å². The van der Waals surface area contributed by atoms with E-state index in [2.05, 4.69) is 29.5 Å². The van der Waals surface area contributed by atoms with Crippen LogP contribution >= 0.6 is 11.3 Å². The summed E-state index contributed by atoms with van der Waals surface area (Å²) in [4.78, 5) is 19.4. The second-order valence-electron chi connectivity index (χ2n) is 11.9. The smallest absolute Gasteiger partial charge is 0.225 e. The van der Waals surface area contributed by atoms with Crippen LogP contribution in [-0.4, -0.2) is 50.0 Å². The first-order chi connectivity index (χ1) is 17.8. The van der Waals surface area contributed by atoms with Crippen molar-refractivity contribution in [1.29, 1.82) is 0 Å². The van der Waals surface area contributed by atoms with Gasteiger partial charge in [-0.15, -0.1) is 11.3 Å². The lowest BCUT2D eigenvalue weighted by molar-refractivity contribution is -0.158. The number of hydrogen-bond acceptors (Lipinski definition) is 9. The normalized spacial score (nSPS) is 29.4. The second kappa shape index (κ2) is 8.58. The van der Waals surface area contributed by atoms with Crippen LogP contribution in [0.1, 0.15) is 64.3 Å². The molecule has 37 heavy (non-hydrogen) atoms. The van der Waals surface area contributed by atoms with E-state index in [9.17, 15) is 0 Å². The van der Waals surface area contributed by atoms with Gasteiger partial charge in [0.05, 0.1) is 33.8 Å². The average molecular weight is 521 g/mol. The highest BCUT2D eigenvalue weighted by Gasteiger charge is 2.57. The molecule has 2 N–H and O–H groups in total. The van der Waals surface area contributed by atoms with Crippen molar-refractivity contribution in [3.63, 3.8) is 0 Å². The Hall–Kier alpha value is -2.36. The highest BCUT2D eigenvalue weighted by atomic mass is 32.1. The summed E-state index contributed by atoms with van der Waals surface area (Å²) in [6, 6.07) is 2.52. The average Bonchev–Trinajstić information content (AvgIpc) is 3.75. The molecule has 4 heterocycles. The zero-order chi connectivity index (χ0) is 25.5. The minimum absolute atomic E-state index is 0.00679. The molecule has 0 amide bonds. The molecule has 0 unspecified atom stereocenters. The van der Waals surface area contributed by atoms with Gasteiger partial charge in [-0.2, -0.15) is 4.98 Å². The third kappa shape index (κ3) is 4.38. The Labute approximate surface area is 222 Å². The topological polar surface area (TPSA) is 94.1 Å². The van der Waals surface area contributed by atoms with E-state index in [1.165, 1.54) is 25.7 Å². The Morgan fingerprint density at radius 1 is 1.03 bits per heavy atom. The number of rotatable bonds is 7. The first-order valence-electron chi connectivity index (χ1n) is 13.8. The molecule has 7 rings (SSSR count). The summed E-state index contributed by atoms with van der Waals surface area (Å²) >= 11 is 1.67. The van der Waals surface area contributed by atoms with Crippen LogP contribution in [0.5, 0.6) is 0 Å². The maximum atomic E-state index is 6.47. The van der Waals surface area contributed by atoms with Crippen LogP contribution in [-0.2, 0) is 9.47 Å². The maximum Gasteiger partial charge on any atom is 0.225 e. The molecule has 3 aliphatic carbocycles. The van der Waals surface area contributed by atoms with Gasteiger partial charge in [0.15, 0.2) is 5.79 Å². The van der Waals surface area contributed by atoms with Crippen molar-refractivity contribution < 1.29 is 9.47 Å². The van der Waals surface area contributed by atoms with Crippen LogP contribution in [0, 0.1) is 31.6 Å². The van der Waals surface area contributed by atoms with Gasteiger partial charge in [0, 0.05) is 12.2 Å². The van der Waals surface area contributed by atoms with E-state index in [-0.39, 0.29) is 18.2 Å². The maximum absolute atomic E-state index is 6.47. The molecule has 0 aromatic carbocycles. The van der Waals surface area contributed by atoms with Gasteiger partial charge in [-0.25, -0.2) is 9.97 Å². The number of aromatic nitrogens is 4. The van der Waals surface area contributed by atoms with Crippen LogP contribution in [0.2, 0.25) is 0 Å². The van der Waals surface area contributed by atoms with Crippen LogP contribution in [0.15, 0.2) is 12.3 Å². The number of fused-ring (bicyclic) bond motifs is 2. The first-order valence-corrected chi connectivity index (χ1v) is 14.6. The molecule has 4 aliphatic rings. The Morgan fingerprint density at radius 3 is 2.54 bits per heavy atom. The monoisotopic (exact) mass is 520 g/mol. The Balaban J connectivity index is 1.28. The van der Waals surface area contributed by atoms with Crippen LogP contribution in [0.4, 0.5) is 11.8 Å². The molecule has 4 fully saturated rings.